The smallest absolute Gasteiger partial charge is 0.297 e. The highest BCUT2D eigenvalue weighted by Gasteiger charge is 2.21. The fraction of sp³-hybridized carbons (Fsp3) is 0.526. The molecule has 0 bridgehead atoms. The summed E-state index contributed by atoms with van der Waals surface area (Å²) >= 11 is 0. The van der Waals surface area contributed by atoms with Crippen molar-refractivity contribution in [2.24, 2.45) is 7.05 Å². The first kappa shape index (κ1) is 19.8. The van der Waals surface area contributed by atoms with E-state index in [0.717, 1.165) is 25.7 Å². The summed E-state index contributed by atoms with van der Waals surface area (Å²) < 4.78 is 13.0. The predicted octanol–water partition coefficient (Wildman–Crippen LogP) is 4.19. The normalized spacial score (nSPS) is 11.1. The van der Waals surface area contributed by atoms with E-state index in [1.54, 1.807) is 13.1 Å². The summed E-state index contributed by atoms with van der Waals surface area (Å²) in [7, 11) is 1.58. The van der Waals surface area contributed by atoms with Crippen molar-refractivity contribution >= 4 is 16.6 Å². The van der Waals surface area contributed by atoms with E-state index in [1.807, 2.05) is 13.8 Å². The van der Waals surface area contributed by atoms with Gasteiger partial charge >= 0.3 is 0 Å². The molecule has 0 aliphatic heterocycles. The van der Waals surface area contributed by atoms with Crippen LogP contribution in [0.1, 0.15) is 46.5 Å². The number of rotatable bonds is 9. The van der Waals surface area contributed by atoms with Crippen molar-refractivity contribution < 1.29 is 14.4 Å². The first-order chi connectivity index (χ1) is 12.4. The van der Waals surface area contributed by atoms with Crippen LogP contribution in [-0.2, 0) is 7.05 Å². The number of nitrogens with zero attached hydrogens (tertiary/aromatic N) is 2. The first-order valence-electron chi connectivity index (χ1n) is 8.97. The maximum atomic E-state index is 12.7. The molecule has 2 aromatic rings. The van der Waals surface area contributed by atoms with E-state index in [2.05, 4.69) is 6.92 Å². The number of aryl methyl sites for hydroxylation is 1. The van der Waals surface area contributed by atoms with Crippen LogP contribution in [0, 0.1) is 10.1 Å². The molecule has 0 fully saturated rings. The molecule has 0 saturated carbocycles. The molecular formula is C19H26N2O5. The number of unbranched alkanes of at least 4 members (excludes halogenated alkanes) is 3. The summed E-state index contributed by atoms with van der Waals surface area (Å²) in [6, 6.07) is 4.41. The second kappa shape index (κ2) is 8.69. The lowest BCUT2D eigenvalue weighted by molar-refractivity contribution is -0.384. The maximum absolute atomic E-state index is 12.7. The van der Waals surface area contributed by atoms with Gasteiger partial charge in [-0.1, -0.05) is 26.2 Å². The Hall–Kier alpha value is -2.57. The third-order valence-electron chi connectivity index (χ3n) is 4.10. The first-order valence-corrected chi connectivity index (χ1v) is 8.97. The van der Waals surface area contributed by atoms with Crippen LogP contribution in [0.15, 0.2) is 23.0 Å². The number of hydrogen-bond acceptors (Lipinski definition) is 5. The fourth-order valence-corrected chi connectivity index (χ4v) is 2.77. The SMILES string of the molecule is CCCCCCOc1c(OC(C)C)c(=O)n(C)c2cc([N+](=O)[O-])ccc12. The Labute approximate surface area is 152 Å². The highest BCUT2D eigenvalue weighted by Crippen LogP contribution is 2.35. The van der Waals surface area contributed by atoms with Crippen LogP contribution in [-0.4, -0.2) is 22.2 Å². The number of non-ortho nitro benzene ring substituents is 1. The average molecular weight is 362 g/mol. The second-order valence-electron chi connectivity index (χ2n) is 6.56. The van der Waals surface area contributed by atoms with E-state index in [0.29, 0.717) is 23.3 Å². The van der Waals surface area contributed by atoms with Crippen molar-refractivity contribution in [1.29, 1.82) is 0 Å². The van der Waals surface area contributed by atoms with Gasteiger partial charge in [-0.15, -0.1) is 0 Å². The van der Waals surface area contributed by atoms with Gasteiger partial charge < -0.3 is 14.0 Å². The highest BCUT2D eigenvalue weighted by molar-refractivity contribution is 5.89. The summed E-state index contributed by atoms with van der Waals surface area (Å²) in [5.41, 5.74) is 0.0121. The lowest BCUT2D eigenvalue weighted by Gasteiger charge is -2.18. The summed E-state index contributed by atoms with van der Waals surface area (Å²) in [6.45, 7) is 6.28. The minimum Gasteiger partial charge on any atom is -0.489 e. The molecule has 0 radical (unpaired) electrons. The Morgan fingerprint density at radius 2 is 1.92 bits per heavy atom. The Balaban J connectivity index is 2.53. The number of pyridine rings is 1. The van der Waals surface area contributed by atoms with Crippen molar-refractivity contribution in [3.63, 3.8) is 0 Å². The van der Waals surface area contributed by atoms with Crippen LogP contribution in [0.3, 0.4) is 0 Å². The van der Waals surface area contributed by atoms with Gasteiger partial charge in [0.1, 0.15) is 0 Å². The molecule has 26 heavy (non-hydrogen) atoms. The van der Waals surface area contributed by atoms with Gasteiger partial charge in [-0.3, -0.25) is 14.9 Å². The molecule has 0 aliphatic rings. The van der Waals surface area contributed by atoms with Crippen LogP contribution >= 0.6 is 0 Å². The summed E-state index contributed by atoms with van der Waals surface area (Å²) in [5, 5.41) is 11.7. The molecule has 0 amide bonds. The Bertz CT molecular complexity index is 842. The van der Waals surface area contributed by atoms with E-state index in [-0.39, 0.29) is 23.1 Å². The van der Waals surface area contributed by atoms with Gasteiger partial charge in [0.25, 0.3) is 11.2 Å². The van der Waals surface area contributed by atoms with Crippen LogP contribution in [0.25, 0.3) is 10.9 Å². The molecule has 0 saturated heterocycles. The molecule has 0 unspecified atom stereocenters. The number of fused-ring (bicyclic) bond motifs is 1. The molecular weight excluding hydrogens is 336 g/mol. The molecule has 7 nitrogen and oxygen atoms in total. The molecule has 1 aromatic heterocycles. The number of benzene rings is 1. The largest absolute Gasteiger partial charge is 0.489 e. The van der Waals surface area contributed by atoms with Crippen molar-refractivity contribution in [2.75, 3.05) is 6.61 Å². The second-order valence-corrected chi connectivity index (χ2v) is 6.56. The van der Waals surface area contributed by atoms with Gasteiger partial charge in [0.05, 0.1) is 23.2 Å². The van der Waals surface area contributed by atoms with Crippen LogP contribution in [0.4, 0.5) is 5.69 Å². The maximum Gasteiger partial charge on any atom is 0.297 e. The quantitative estimate of drug-likeness (QED) is 0.379. The molecule has 0 spiro atoms. The lowest BCUT2D eigenvalue weighted by Crippen LogP contribution is -2.23. The van der Waals surface area contributed by atoms with Gasteiger partial charge in [0.15, 0.2) is 5.75 Å². The number of nitro benzene ring substituents is 1. The number of aromatic nitrogens is 1. The van der Waals surface area contributed by atoms with Crippen molar-refractivity contribution in [3.05, 3.63) is 38.7 Å². The minimum atomic E-state index is -0.478. The van der Waals surface area contributed by atoms with E-state index < -0.39 is 4.92 Å². The summed E-state index contributed by atoms with van der Waals surface area (Å²) in [5.74, 6) is 0.516. The standard InChI is InChI=1S/C19H26N2O5/c1-5-6-7-8-11-25-17-15-10-9-14(21(23)24)12-16(15)20(4)19(22)18(17)26-13(2)3/h9-10,12-13H,5-8,11H2,1-4H3. The monoisotopic (exact) mass is 362 g/mol. The lowest BCUT2D eigenvalue weighted by atomic mass is 10.1. The van der Waals surface area contributed by atoms with Crippen LogP contribution in [0.2, 0.25) is 0 Å². The molecule has 0 N–H and O–H groups in total. The van der Waals surface area contributed by atoms with Gasteiger partial charge in [0.2, 0.25) is 5.75 Å². The van der Waals surface area contributed by atoms with E-state index in [1.165, 1.54) is 16.7 Å². The fourth-order valence-electron chi connectivity index (χ4n) is 2.77. The minimum absolute atomic E-state index is 0.0704. The predicted molar refractivity (Wildman–Crippen MR) is 101 cm³/mol. The van der Waals surface area contributed by atoms with Crippen molar-refractivity contribution in [1.82, 2.24) is 4.57 Å². The number of ether oxygens (including phenoxy) is 2. The molecule has 1 aromatic carbocycles. The van der Waals surface area contributed by atoms with Gasteiger partial charge in [-0.2, -0.15) is 0 Å². The number of nitro groups is 1. The molecule has 7 heteroatoms. The molecule has 2 rings (SSSR count). The zero-order valence-corrected chi connectivity index (χ0v) is 15.8. The average Bonchev–Trinajstić information content (AvgIpc) is 2.60. The van der Waals surface area contributed by atoms with Gasteiger partial charge in [-0.25, -0.2) is 0 Å². The topological polar surface area (TPSA) is 83.6 Å². The van der Waals surface area contributed by atoms with Gasteiger partial charge in [0, 0.05) is 24.6 Å². The number of hydrogen-bond donors (Lipinski definition) is 0. The van der Waals surface area contributed by atoms with Crippen molar-refractivity contribution in [2.45, 2.75) is 52.6 Å². The Morgan fingerprint density at radius 3 is 2.54 bits per heavy atom. The molecule has 142 valence electrons. The zero-order chi connectivity index (χ0) is 19.3. The third-order valence-corrected chi connectivity index (χ3v) is 4.10. The van der Waals surface area contributed by atoms with E-state index in [9.17, 15) is 14.9 Å². The molecule has 0 atom stereocenters. The highest BCUT2D eigenvalue weighted by atomic mass is 16.6. The van der Waals surface area contributed by atoms with Crippen LogP contribution in [0.5, 0.6) is 11.5 Å². The van der Waals surface area contributed by atoms with Crippen molar-refractivity contribution in [3.8, 4) is 11.5 Å². The van der Waals surface area contributed by atoms with E-state index in [4.69, 9.17) is 9.47 Å². The summed E-state index contributed by atoms with van der Waals surface area (Å²) in [6.07, 6.45) is 3.98. The van der Waals surface area contributed by atoms with Gasteiger partial charge in [-0.05, 0) is 26.3 Å². The molecule has 0 aliphatic carbocycles. The Kier molecular flexibility index (Phi) is 6.60. The Morgan fingerprint density at radius 1 is 1.19 bits per heavy atom. The van der Waals surface area contributed by atoms with E-state index >= 15 is 0 Å². The summed E-state index contributed by atoms with van der Waals surface area (Å²) in [4.78, 5) is 23.3. The molecule has 1 heterocycles. The van der Waals surface area contributed by atoms with Crippen LogP contribution < -0.4 is 15.0 Å². The third kappa shape index (κ3) is 4.33. The zero-order valence-electron chi connectivity index (χ0n) is 15.8.